The molecule has 2 N–H and O–H groups in total. The van der Waals surface area contributed by atoms with Crippen LogP contribution < -0.4 is 0 Å². The van der Waals surface area contributed by atoms with E-state index in [1.165, 1.54) is 5.57 Å². The van der Waals surface area contributed by atoms with Crippen molar-refractivity contribution >= 4 is 11.8 Å². The third-order valence-corrected chi connectivity index (χ3v) is 8.92. The minimum Gasteiger partial charge on any atom is -0.481 e. The second kappa shape index (κ2) is 6.83. The van der Waals surface area contributed by atoms with Gasteiger partial charge in [0.05, 0.1) is 5.60 Å². The number of hydrogen-bond acceptors (Lipinski definition) is 3. The van der Waals surface area contributed by atoms with Gasteiger partial charge in [0.2, 0.25) is 0 Å². The number of rotatable bonds is 4. The monoisotopic (exact) mass is 386 g/mol. The van der Waals surface area contributed by atoms with Crippen molar-refractivity contribution in [1.82, 2.24) is 0 Å². The first-order valence-corrected chi connectivity index (χ1v) is 11.0. The van der Waals surface area contributed by atoms with Crippen LogP contribution in [-0.2, 0) is 9.59 Å². The van der Waals surface area contributed by atoms with Gasteiger partial charge in [-0.2, -0.15) is 0 Å². The molecule has 0 amide bonds. The normalized spacial score (nSPS) is 42.6. The molecule has 154 valence electrons. The molecule has 28 heavy (non-hydrogen) atoms. The molecule has 0 spiro atoms. The molecule has 4 aliphatic rings. The quantitative estimate of drug-likeness (QED) is 0.689. The fourth-order valence-electron chi connectivity index (χ4n) is 7.52. The van der Waals surface area contributed by atoms with Crippen molar-refractivity contribution in [2.24, 2.45) is 29.1 Å². The van der Waals surface area contributed by atoms with Crippen LogP contribution in [-0.4, -0.2) is 27.6 Å². The minimum absolute atomic E-state index is 0.0363. The number of hydrogen-bond donors (Lipinski definition) is 2. The molecule has 0 saturated heterocycles. The third-order valence-electron chi connectivity index (χ3n) is 8.92. The Morgan fingerprint density at radius 2 is 1.96 bits per heavy atom. The van der Waals surface area contributed by atoms with Crippen molar-refractivity contribution in [3.63, 3.8) is 0 Å². The van der Waals surface area contributed by atoms with Crippen LogP contribution in [0.2, 0.25) is 0 Å². The fourth-order valence-corrected chi connectivity index (χ4v) is 7.52. The highest BCUT2D eigenvalue weighted by Gasteiger charge is 2.63. The fraction of sp³-hybridized carbons (Fsp3) is 0.750. The number of allylic oxidation sites excluding steroid dienone is 2. The number of Topliss-reactive ketones (excluding diaryl/α,β-unsaturated/α-hetero) is 1. The Balaban J connectivity index is 1.62. The van der Waals surface area contributed by atoms with E-state index in [-0.39, 0.29) is 11.8 Å². The number of carbonyl (C=O) groups is 2. The summed E-state index contributed by atoms with van der Waals surface area (Å²) in [7, 11) is 0. The Morgan fingerprint density at radius 3 is 2.68 bits per heavy atom. The van der Waals surface area contributed by atoms with Gasteiger partial charge < -0.3 is 10.2 Å². The number of carbonyl (C=O) groups excluding carboxylic acids is 1. The molecule has 2 fully saturated rings. The van der Waals surface area contributed by atoms with Crippen LogP contribution in [0.25, 0.3) is 0 Å². The van der Waals surface area contributed by atoms with Gasteiger partial charge in [0.1, 0.15) is 5.78 Å². The standard InChI is InChI=1S/C24H34O4/c1-14-12-16-13-17(25)5-6-18(16)19-8-10-23(3)20(22(14)19)9-11-24(23,28)15(2)4-7-21(26)27/h14,19-20,22,28H,2,4-13H2,1,3H3,(H,26,27)/t14-,19-,20+,22-,23+,24-/m1/s1. The van der Waals surface area contributed by atoms with Crippen molar-refractivity contribution < 1.29 is 19.8 Å². The first kappa shape index (κ1) is 19.9. The minimum atomic E-state index is -0.949. The van der Waals surface area contributed by atoms with Crippen LogP contribution in [0, 0.1) is 29.1 Å². The maximum absolute atomic E-state index is 12.0. The maximum Gasteiger partial charge on any atom is 0.303 e. The van der Waals surface area contributed by atoms with E-state index in [0.29, 0.717) is 60.7 Å². The van der Waals surface area contributed by atoms with Crippen LogP contribution in [0.5, 0.6) is 0 Å². The molecule has 4 rings (SSSR count). The van der Waals surface area contributed by atoms with Gasteiger partial charge in [0.15, 0.2) is 0 Å². The van der Waals surface area contributed by atoms with Crippen LogP contribution in [0.3, 0.4) is 0 Å². The highest BCUT2D eigenvalue weighted by molar-refractivity contribution is 5.82. The Labute approximate surface area is 168 Å². The van der Waals surface area contributed by atoms with E-state index < -0.39 is 11.6 Å². The lowest BCUT2D eigenvalue weighted by Gasteiger charge is -2.56. The van der Waals surface area contributed by atoms with E-state index in [2.05, 4.69) is 20.4 Å². The summed E-state index contributed by atoms with van der Waals surface area (Å²) in [5.74, 6) is 1.68. The molecule has 0 radical (unpaired) electrons. The molecule has 0 heterocycles. The zero-order valence-corrected chi connectivity index (χ0v) is 17.3. The van der Waals surface area contributed by atoms with Gasteiger partial charge in [0, 0.05) is 24.7 Å². The Bertz CT molecular complexity index is 750. The van der Waals surface area contributed by atoms with Gasteiger partial charge in [-0.1, -0.05) is 31.6 Å². The van der Waals surface area contributed by atoms with Gasteiger partial charge in [-0.05, 0) is 74.2 Å². The molecule has 0 aromatic rings. The van der Waals surface area contributed by atoms with Crippen molar-refractivity contribution in [1.29, 1.82) is 0 Å². The van der Waals surface area contributed by atoms with Crippen LogP contribution in [0.4, 0.5) is 0 Å². The van der Waals surface area contributed by atoms with Crippen molar-refractivity contribution in [2.45, 2.75) is 83.7 Å². The van der Waals surface area contributed by atoms with Crippen molar-refractivity contribution in [3.8, 4) is 0 Å². The molecule has 6 atom stereocenters. The average molecular weight is 387 g/mol. The summed E-state index contributed by atoms with van der Waals surface area (Å²) in [6.07, 6.45) is 7.47. The van der Waals surface area contributed by atoms with Gasteiger partial charge in [-0.3, -0.25) is 9.59 Å². The Morgan fingerprint density at radius 1 is 1.21 bits per heavy atom. The van der Waals surface area contributed by atoms with Crippen LogP contribution in [0.1, 0.15) is 78.1 Å². The Kier molecular flexibility index (Phi) is 4.85. The number of carboxylic acid groups (broad SMARTS) is 1. The molecule has 2 saturated carbocycles. The molecule has 0 bridgehead atoms. The molecule has 0 aliphatic heterocycles. The number of aliphatic hydroxyl groups is 1. The smallest absolute Gasteiger partial charge is 0.303 e. The maximum atomic E-state index is 12.0. The van der Waals surface area contributed by atoms with E-state index in [1.54, 1.807) is 5.57 Å². The number of ketones is 1. The lowest BCUT2D eigenvalue weighted by molar-refractivity contribution is -0.137. The molecule has 0 aromatic carbocycles. The van der Waals surface area contributed by atoms with Gasteiger partial charge >= 0.3 is 5.97 Å². The van der Waals surface area contributed by atoms with E-state index in [0.717, 1.165) is 32.1 Å². The zero-order valence-electron chi connectivity index (χ0n) is 17.3. The molecule has 0 unspecified atom stereocenters. The van der Waals surface area contributed by atoms with Crippen molar-refractivity contribution in [2.75, 3.05) is 0 Å². The van der Waals surface area contributed by atoms with Gasteiger partial charge in [0.25, 0.3) is 0 Å². The second-order valence-electron chi connectivity index (χ2n) is 10.2. The molecule has 4 nitrogen and oxygen atoms in total. The highest BCUT2D eigenvalue weighted by Crippen LogP contribution is 2.66. The van der Waals surface area contributed by atoms with E-state index in [9.17, 15) is 14.7 Å². The zero-order chi connectivity index (χ0) is 20.3. The van der Waals surface area contributed by atoms with Crippen LogP contribution in [0.15, 0.2) is 23.3 Å². The topological polar surface area (TPSA) is 74.6 Å². The highest BCUT2D eigenvalue weighted by atomic mass is 16.4. The molecule has 4 aliphatic carbocycles. The SMILES string of the molecule is C=C(CCC(=O)O)[C@]1(O)CC[C@H]2[C@@H]3[C@H](C)CC4=C(CCC(=O)C4)[C@H]3CC[C@@]21C. The number of fused-ring (bicyclic) bond motifs is 4. The average Bonchev–Trinajstić information content (AvgIpc) is 2.91. The summed E-state index contributed by atoms with van der Waals surface area (Å²) in [6.45, 7) is 8.72. The second-order valence-corrected chi connectivity index (χ2v) is 10.2. The largest absolute Gasteiger partial charge is 0.481 e. The number of aliphatic carboxylic acids is 1. The van der Waals surface area contributed by atoms with E-state index >= 15 is 0 Å². The van der Waals surface area contributed by atoms with E-state index in [4.69, 9.17) is 5.11 Å². The molecular formula is C24H34O4. The Hall–Kier alpha value is -1.42. The summed E-state index contributed by atoms with van der Waals surface area (Å²) in [4.78, 5) is 23.0. The summed E-state index contributed by atoms with van der Waals surface area (Å²) in [5.41, 5.74) is 2.54. The number of carboxylic acids is 1. The molecular weight excluding hydrogens is 352 g/mol. The summed E-state index contributed by atoms with van der Waals surface area (Å²) in [6, 6.07) is 0. The summed E-state index contributed by atoms with van der Waals surface area (Å²) in [5, 5.41) is 20.8. The van der Waals surface area contributed by atoms with E-state index in [1.807, 2.05) is 0 Å². The third kappa shape index (κ3) is 2.82. The summed E-state index contributed by atoms with van der Waals surface area (Å²) >= 11 is 0. The van der Waals surface area contributed by atoms with Gasteiger partial charge in [-0.25, -0.2) is 0 Å². The lowest BCUT2D eigenvalue weighted by atomic mass is 9.49. The first-order chi connectivity index (χ1) is 13.2. The molecule has 4 heteroatoms. The van der Waals surface area contributed by atoms with Crippen molar-refractivity contribution in [3.05, 3.63) is 23.3 Å². The van der Waals surface area contributed by atoms with Crippen LogP contribution >= 0.6 is 0 Å². The predicted molar refractivity (Wildman–Crippen MR) is 108 cm³/mol. The summed E-state index contributed by atoms with van der Waals surface area (Å²) < 4.78 is 0. The first-order valence-electron chi connectivity index (χ1n) is 11.0. The predicted octanol–water partition coefficient (Wildman–Crippen LogP) is 4.67. The lowest BCUT2D eigenvalue weighted by Crippen LogP contribution is -2.53. The van der Waals surface area contributed by atoms with Gasteiger partial charge in [-0.15, -0.1) is 0 Å². The molecule has 0 aromatic heterocycles.